The largest absolute Gasteiger partial charge is 0.506 e. The normalized spacial score (nSPS) is 12.0. The molecule has 10 heteroatoms. The summed E-state index contributed by atoms with van der Waals surface area (Å²) in [5, 5.41) is 20.4. The zero-order valence-corrected chi connectivity index (χ0v) is 16.5. The van der Waals surface area contributed by atoms with Crippen LogP contribution in [-0.4, -0.2) is 19.5 Å². The lowest BCUT2D eigenvalue weighted by atomic mass is 10.1. The first-order valence-electron chi connectivity index (χ1n) is 8.61. The number of thiophene rings is 1. The van der Waals surface area contributed by atoms with Gasteiger partial charge < -0.3 is 20.3 Å². The van der Waals surface area contributed by atoms with Gasteiger partial charge in [0, 0.05) is 31.2 Å². The first kappa shape index (κ1) is 19.5. The predicted octanol–water partition coefficient (Wildman–Crippen LogP) is 1.85. The Balaban J connectivity index is 2.10. The van der Waals surface area contributed by atoms with Crippen molar-refractivity contribution < 1.29 is 5.11 Å². The molecule has 1 unspecified atom stereocenters. The van der Waals surface area contributed by atoms with Crippen molar-refractivity contribution in [3.8, 4) is 5.75 Å². The number of aromatic hydroxyl groups is 1. The molecule has 0 amide bonds. The van der Waals surface area contributed by atoms with Gasteiger partial charge in [-0.25, -0.2) is 0 Å². The van der Waals surface area contributed by atoms with Crippen LogP contribution in [-0.2, 0) is 14.1 Å². The van der Waals surface area contributed by atoms with Gasteiger partial charge >= 0.3 is 0 Å². The summed E-state index contributed by atoms with van der Waals surface area (Å²) >= 11 is 1.55. The molecular formula is C18H21N5O4S. The zero-order chi connectivity index (χ0) is 20.4. The summed E-state index contributed by atoms with van der Waals surface area (Å²) in [4.78, 5) is 38.0. The molecule has 0 aliphatic heterocycles. The molecule has 0 aromatic carbocycles. The van der Waals surface area contributed by atoms with Gasteiger partial charge in [0.25, 0.3) is 16.7 Å². The maximum absolute atomic E-state index is 12.7. The van der Waals surface area contributed by atoms with Gasteiger partial charge in [0.05, 0.1) is 11.7 Å². The third-order valence-electron chi connectivity index (χ3n) is 4.34. The van der Waals surface area contributed by atoms with Crippen LogP contribution in [0.25, 0.3) is 0 Å². The fourth-order valence-corrected chi connectivity index (χ4v) is 3.65. The Kier molecular flexibility index (Phi) is 5.41. The Morgan fingerprint density at radius 2 is 2.00 bits per heavy atom. The number of rotatable bonds is 6. The van der Waals surface area contributed by atoms with E-state index in [4.69, 9.17) is 0 Å². The minimum absolute atomic E-state index is 0.0351. The molecule has 9 nitrogen and oxygen atoms in total. The smallest absolute Gasteiger partial charge is 0.290 e. The number of nitrogens with zero attached hydrogens (tertiary/aromatic N) is 2. The lowest BCUT2D eigenvalue weighted by molar-refractivity contribution is 0.474. The van der Waals surface area contributed by atoms with Crippen molar-refractivity contribution in [3.05, 3.63) is 65.7 Å². The van der Waals surface area contributed by atoms with E-state index in [1.54, 1.807) is 11.3 Å². The van der Waals surface area contributed by atoms with E-state index in [2.05, 4.69) is 15.7 Å². The maximum atomic E-state index is 12.7. The number of hydrogen-bond acceptors (Lipinski definition) is 7. The Morgan fingerprint density at radius 1 is 1.25 bits per heavy atom. The molecule has 3 aromatic rings. The highest BCUT2D eigenvalue weighted by Crippen LogP contribution is 2.29. The molecule has 3 heterocycles. The molecule has 1 atom stereocenters. The third kappa shape index (κ3) is 3.72. The average Bonchev–Trinajstić information content (AvgIpc) is 3.18. The fraction of sp³-hybridized carbons (Fsp3) is 0.278. The summed E-state index contributed by atoms with van der Waals surface area (Å²) in [7, 11) is 2.97. The molecule has 3 aromatic heterocycles. The van der Waals surface area contributed by atoms with Crippen LogP contribution >= 0.6 is 11.3 Å². The number of aromatic amines is 1. The molecule has 0 saturated heterocycles. The summed E-state index contributed by atoms with van der Waals surface area (Å²) in [6.45, 7) is 1.97. The SMILES string of the molecule is CCC(Nc1c(Nc2cn(C)c(=O)cc2O)c(=O)[nH]n(C)c1=O)c1cccs1. The molecule has 0 aliphatic carbocycles. The molecule has 0 radical (unpaired) electrons. The lowest BCUT2D eigenvalue weighted by Gasteiger charge is -2.20. The first-order chi connectivity index (χ1) is 13.3. The number of aryl methyl sites for hydroxylation is 2. The van der Waals surface area contributed by atoms with Crippen molar-refractivity contribution >= 4 is 28.4 Å². The summed E-state index contributed by atoms with van der Waals surface area (Å²) in [5.74, 6) is -0.320. The van der Waals surface area contributed by atoms with Crippen LogP contribution in [0.4, 0.5) is 17.1 Å². The Hall–Kier alpha value is -3.27. The van der Waals surface area contributed by atoms with E-state index >= 15 is 0 Å². The van der Waals surface area contributed by atoms with Crippen LogP contribution < -0.4 is 27.3 Å². The number of hydrogen-bond donors (Lipinski definition) is 4. The molecule has 0 aliphatic rings. The highest BCUT2D eigenvalue weighted by atomic mass is 32.1. The Bertz CT molecular complexity index is 1160. The Morgan fingerprint density at radius 3 is 2.64 bits per heavy atom. The summed E-state index contributed by atoms with van der Waals surface area (Å²) in [5.41, 5.74) is -1.19. The van der Waals surface area contributed by atoms with Gasteiger partial charge in [-0.05, 0) is 17.9 Å². The summed E-state index contributed by atoms with van der Waals surface area (Å²) in [6.07, 6.45) is 2.05. The van der Waals surface area contributed by atoms with E-state index in [1.807, 2.05) is 24.4 Å². The van der Waals surface area contributed by atoms with E-state index in [-0.39, 0.29) is 28.9 Å². The standard InChI is InChI=1S/C18H21N5O4S/c1-4-10(13-6-5-7-28-13)19-16-15(17(26)21-23(3)18(16)27)20-11-9-22(2)14(25)8-12(11)24/h5-10,19-20,24H,4H2,1-3H3,(H,21,26). The van der Waals surface area contributed by atoms with Gasteiger partial charge in [-0.1, -0.05) is 13.0 Å². The van der Waals surface area contributed by atoms with Crippen molar-refractivity contribution in [2.24, 2.45) is 14.1 Å². The molecule has 0 bridgehead atoms. The molecule has 28 heavy (non-hydrogen) atoms. The topological polar surface area (TPSA) is 121 Å². The van der Waals surface area contributed by atoms with Crippen LogP contribution in [0.15, 0.2) is 44.2 Å². The second-order valence-electron chi connectivity index (χ2n) is 6.32. The number of pyridine rings is 1. The molecule has 0 spiro atoms. The van der Waals surface area contributed by atoms with Gasteiger partial charge in [-0.2, -0.15) is 0 Å². The van der Waals surface area contributed by atoms with Crippen LogP contribution in [0, 0.1) is 0 Å². The van der Waals surface area contributed by atoms with Crippen molar-refractivity contribution in [1.29, 1.82) is 0 Å². The molecule has 4 N–H and O–H groups in total. The Labute approximate surface area is 163 Å². The second kappa shape index (κ2) is 7.77. The van der Waals surface area contributed by atoms with E-state index < -0.39 is 16.7 Å². The first-order valence-corrected chi connectivity index (χ1v) is 9.49. The van der Waals surface area contributed by atoms with E-state index in [0.717, 1.165) is 15.6 Å². The number of H-pyrrole nitrogens is 1. The van der Waals surface area contributed by atoms with Gasteiger partial charge in [0.1, 0.15) is 17.1 Å². The van der Waals surface area contributed by atoms with Crippen LogP contribution in [0.2, 0.25) is 0 Å². The quantitative estimate of drug-likeness (QED) is 0.498. The van der Waals surface area contributed by atoms with Crippen molar-refractivity contribution in [1.82, 2.24) is 14.3 Å². The van der Waals surface area contributed by atoms with E-state index in [9.17, 15) is 19.5 Å². The van der Waals surface area contributed by atoms with Crippen molar-refractivity contribution in [2.75, 3.05) is 10.6 Å². The summed E-state index contributed by atoms with van der Waals surface area (Å²) in [6, 6.07) is 4.74. The molecule has 0 fully saturated rings. The van der Waals surface area contributed by atoms with Crippen LogP contribution in [0.3, 0.4) is 0 Å². The maximum Gasteiger partial charge on any atom is 0.290 e. The van der Waals surface area contributed by atoms with E-state index in [0.29, 0.717) is 6.42 Å². The van der Waals surface area contributed by atoms with Crippen LogP contribution in [0.5, 0.6) is 5.75 Å². The van der Waals surface area contributed by atoms with Gasteiger partial charge in [-0.3, -0.25) is 24.2 Å². The van der Waals surface area contributed by atoms with Gasteiger partial charge in [0.2, 0.25) is 0 Å². The molecule has 3 rings (SSSR count). The fourth-order valence-electron chi connectivity index (χ4n) is 2.79. The van der Waals surface area contributed by atoms with Crippen molar-refractivity contribution in [3.63, 3.8) is 0 Å². The number of anilines is 3. The monoisotopic (exact) mass is 403 g/mol. The third-order valence-corrected chi connectivity index (χ3v) is 5.33. The average molecular weight is 403 g/mol. The van der Waals surface area contributed by atoms with Crippen LogP contribution in [0.1, 0.15) is 24.3 Å². The summed E-state index contributed by atoms with van der Waals surface area (Å²) < 4.78 is 2.35. The molecular weight excluding hydrogens is 382 g/mol. The van der Waals surface area contributed by atoms with Crippen molar-refractivity contribution in [2.45, 2.75) is 19.4 Å². The highest BCUT2D eigenvalue weighted by molar-refractivity contribution is 7.10. The second-order valence-corrected chi connectivity index (χ2v) is 7.30. The lowest BCUT2D eigenvalue weighted by Crippen LogP contribution is -2.32. The van der Waals surface area contributed by atoms with E-state index in [1.165, 1.54) is 24.9 Å². The number of aromatic nitrogens is 3. The van der Waals surface area contributed by atoms with Gasteiger partial charge in [-0.15, -0.1) is 11.3 Å². The molecule has 0 saturated carbocycles. The minimum atomic E-state index is -0.543. The zero-order valence-electron chi connectivity index (χ0n) is 15.6. The number of nitrogens with one attached hydrogen (secondary N) is 3. The highest BCUT2D eigenvalue weighted by Gasteiger charge is 2.20. The van der Waals surface area contributed by atoms with Gasteiger partial charge in [0.15, 0.2) is 0 Å². The minimum Gasteiger partial charge on any atom is -0.506 e. The molecule has 148 valence electrons. The predicted molar refractivity (Wildman–Crippen MR) is 110 cm³/mol.